The SMILES string of the molecule is CCCCCCCCCCC(C)CCNCC(C)C. The molecular weight excluding hydrogens is 230 g/mol. The van der Waals surface area contributed by atoms with E-state index in [2.05, 4.69) is 33.0 Å². The number of hydrogen-bond acceptors (Lipinski definition) is 1. The van der Waals surface area contributed by atoms with Crippen LogP contribution in [0.2, 0.25) is 0 Å². The second-order valence-corrected chi connectivity index (χ2v) is 6.76. The zero-order chi connectivity index (χ0) is 14.3. The van der Waals surface area contributed by atoms with Crippen molar-refractivity contribution < 1.29 is 0 Å². The predicted octanol–water partition coefficient (Wildman–Crippen LogP) is 5.79. The lowest BCUT2D eigenvalue weighted by molar-refractivity contribution is 0.431. The first-order valence-corrected chi connectivity index (χ1v) is 8.87. The van der Waals surface area contributed by atoms with E-state index in [9.17, 15) is 0 Å². The summed E-state index contributed by atoms with van der Waals surface area (Å²) in [6.45, 7) is 11.6. The van der Waals surface area contributed by atoms with Crippen molar-refractivity contribution in [1.29, 1.82) is 0 Å². The van der Waals surface area contributed by atoms with Crippen molar-refractivity contribution in [3.05, 3.63) is 0 Å². The topological polar surface area (TPSA) is 12.0 Å². The first kappa shape index (κ1) is 19.0. The maximum Gasteiger partial charge on any atom is -0.00258 e. The number of unbranched alkanes of at least 4 members (excludes halogenated alkanes) is 7. The van der Waals surface area contributed by atoms with Gasteiger partial charge in [0.15, 0.2) is 0 Å². The van der Waals surface area contributed by atoms with Crippen LogP contribution in [0.25, 0.3) is 0 Å². The maximum absolute atomic E-state index is 3.55. The van der Waals surface area contributed by atoms with E-state index in [1.54, 1.807) is 0 Å². The van der Waals surface area contributed by atoms with E-state index >= 15 is 0 Å². The summed E-state index contributed by atoms with van der Waals surface area (Å²) in [5.41, 5.74) is 0. The normalized spacial score (nSPS) is 13.1. The minimum Gasteiger partial charge on any atom is -0.316 e. The molecule has 0 aliphatic rings. The van der Waals surface area contributed by atoms with Gasteiger partial charge in [-0.05, 0) is 31.3 Å². The van der Waals surface area contributed by atoms with Gasteiger partial charge in [-0.3, -0.25) is 0 Å². The fraction of sp³-hybridized carbons (Fsp3) is 1.00. The van der Waals surface area contributed by atoms with Crippen LogP contribution in [-0.4, -0.2) is 13.1 Å². The Kier molecular flexibility index (Phi) is 14.3. The highest BCUT2D eigenvalue weighted by Gasteiger charge is 2.02. The molecule has 0 aliphatic heterocycles. The molecule has 1 N–H and O–H groups in total. The van der Waals surface area contributed by atoms with Crippen LogP contribution in [0.5, 0.6) is 0 Å². The number of hydrogen-bond donors (Lipinski definition) is 1. The zero-order valence-corrected chi connectivity index (χ0v) is 14.1. The molecule has 0 fully saturated rings. The van der Waals surface area contributed by atoms with E-state index in [1.165, 1.54) is 77.3 Å². The molecular formula is C18H39N. The van der Waals surface area contributed by atoms with Crippen molar-refractivity contribution in [3.63, 3.8) is 0 Å². The highest BCUT2D eigenvalue weighted by Crippen LogP contribution is 2.14. The fourth-order valence-electron chi connectivity index (χ4n) is 2.51. The van der Waals surface area contributed by atoms with Gasteiger partial charge in [0.25, 0.3) is 0 Å². The van der Waals surface area contributed by atoms with E-state index in [1.807, 2.05) is 0 Å². The van der Waals surface area contributed by atoms with E-state index in [0.29, 0.717) is 0 Å². The van der Waals surface area contributed by atoms with E-state index in [0.717, 1.165) is 11.8 Å². The Hall–Kier alpha value is -0.0400. The molecule has 0 radical (unpaired) electrons. The minimum atomic E-state index is 0.781. The molecule has 116 valence electrons. The second kappa shape index (κ2) is 14.4. The van der Waals surface area contributed by atoms with Crippen LogP contribution in [0.1, 0.15) is 91.9 Å². The first-order valence-electron chi connectivity index (χ1n) is 8.87. The van der Waals surface area contributed by atoms with Gasteiger partial charge in [-0.15, -0.1) is 0 Å². The average Bonchev–Trinajstić information content (AvgIpc) is 2.37. The molecule has 0 aliphatic carbocycles. The molecule has 1 atom stereocenters. The highest BCUT2D eigenvalue weighted by molar-refractivity contribution is 4.58. The first-order chi connectivity index (χ1) is 9.16. The molecule has 0 aromatic heterocycles. The van der Waals surface area contributed by atoms with Gasteiger partial charge < -0.3 is 5.32 Å². The summed E-state index contributed by atoms with van der Waals surface area (Å²) >= 11 is 0. The molecule has 1 heteroatoms. The van der Waals surface area contributed by atoms with Crippen molar-refractivity contribution >= 4 is 0 Å². The van der Waals surface area contributed by atoms with Crippen LogP contribution >= 0.6 is 0 Å². The largest absolute Gasteiger partial charge is 0.316 e. The third-order valence-corrected chi connectivity index (χ3v) is 3.92. The Morgan fingerprint density at radius 2 is 1.32 bits per heavy atom. The third-order valence-electron chi connectivity index (χ3n) is 3.92. The monoisotopic (exact) mass is 269 g/mol. The Morgan fingerprint density at radius 3 is 1.89 bits per heavy atom. The van der Waals surface area contributed by atoms with Gasteiger partial charge >= 0.3 is 0 Å². The van der Waals surface area contributed by atoms with Gasteiger partial charge in [0.1, 0.15) is 0 Å². The summed E-state index contributed by atoms with van der Waals surface area (Å²) in [7, 11) is 0. The maximum atomic E-state index is 3.55. The predicted molar refractivity (Wildman–Crippen MR) is 88.7 cm³/mol. The molecule has 0 aromatic rings. The van der Waals surface area contributed by atoms with Crippen LogP contribution in [0.3, 0.4) is 0 Å². The summed E-state index contributed by atoms with van der Waals surface area (Å²) in [6.07, 6.45) is 14.3. The molecule has 0 aromatic carbocycles. The molecule has 0 saturated heterocycles. The summed E-state index contributed by atoms with van der Waals surface area (Å²) in [6, 6.07) is 0. The highest BCUT2D eigenvalue weighted by atomic mass is 14.8. The van der Waals surface area contributed by atoms with Crippen LogP contribution in [-0.2, 0) is 0 Å². The van der Waals surface area contributed by atoms with Gasteiger partial charge in [0, 0.05) is 0 Å². The quantitative estimate of drug-likeness (QED) is 0.394. The standard InChI is InChI=1S/C18H39N/c1-5-6-7-8-9-10-11-12-13-18(4)14-15-19-16-17(2)3/h17-19H,5-16H2,1-4H3. The Labute approximate surface area is 122 Å². The molecule has 19 heavy (non-hydrogen) atoms. The minimum absolute atomic E-state index is 0.781. The van der Waals surface area contributed by atoms with Crippen molar-refractivity contribution in [2.24, 2.45) is 11.8 Å². The summed E-state index contributed by atoms with van der Waals surface area (Å²) in [5.74, 6) is 1.68. The van der Waals surface area contributed by atoms with Crippen LogP contribution in [0.15, 0.2) is 0 Å². The van der Waals surface area contributed by atoms with Crippen LogP contribution in [0, 0.1) is 11.8 Å². The number of nitrogens with one attached hydrogen (secondary N) is 1. The second-order valence-electron chi connectivity index (χ2n) is 6.76. The van der Waals surface area contributed by atoms with Crippen molar-refractivity contribution in [1.82, 2.24) is 5.32 Å². The van der Waals surface area contributed by atoms with Gasteiger partial charge in [-0.25, -0.2) is 0 Å². The molecule has 0 spiro atoms. The third kappa shape index (κ3) is 15.9. The summed E-state index contributed by atoms with van der Waals surface area (Å²) < 4.78 is 0. The lowest BCUT2D eigenvalue weighted by Crippen LogP contribution is -2.22. The van der Waals surface area contributed by atoms with Crippen molar-refractivity contribution in [2.45, 2.75) is 91.9 Å². The smallest absolute Gasteiger partial charge is 0.00258 e. The average molecular weight is 270 g/mol. The van der Waals surface area contributed by atoms with Crippen molar-refractivity contribution in [3.8, 4) is 0 Å². The molecule has 0 amide bonds. The lowest BCUT2D eigenvalue weighted by atomic mass is 9.98. The molecule has 0 bridgehead atoms. The molecule has 0 rings (SSSR count). The van der Waals surface area contributed by atoms with Crippen LogP contribution in [0.4, 0.5) is 0 Å². The van der Waals surface area contributed by atoms with E-state index < -0.39 is 0 Å². The Morgan fingerprint density at radius 1 is 0.737 bits per heavy atom. The number of rotatable bonds is 14. The van der Waals surface area contributed by atoms with Crippen LogP contribution < -0.4 is 5.32 Å². The van der Waals surface area contributed by atoms with Gasteiger partial charge in [-0.1, -0.05) is 85.5 Å². The summed E-state index contributed by atoms with van der Waals surface area (Å²) in [5, 5.41) is 3.55. The van der Waals surface area contributed by atoms with Gasteiger partial charge in [0.2, 0.25) is 0 Å². The molecule has 0 heterocycles. The lowest BCUT2D eigenvalue weighted by Gasteiger charge is -2.12. The molecule has 1 unspecified atom stereocenters. The van der Waals surface area contributed by atoms with Crippen molar-refractivity contribution in [2.75, 3.05) is 13.1 Å². The Bertz CT molecular complexity index is 165. The molecule has 0 saturated carbocycles. The summed E-state index contributed by atoms with van der Waals surface area (Å²) in [4.78, 5) is 0. The Balaban J connectivity index is 3.13. The van der Waals surface area contributed by atoms with E-state index in [-0.39, 0.29) is 0 Å². The molecule has 1 nitrogen and oxygen atoms in total. The van der Waals surface area contributed by atoms with Gasteiger partial charge in [0.05, 0.1) is 0 Å². The zero-order valence-electron chi connectivity index (χ0n) is 14.1. The fourth-order valence-corrected chi connectivity index (χ4v) is 2.51. The van der Waals surface area contributed by atoms with E-state index in [4.69, 9.17) is 0 Å². The van der Waals surface area contributed by atoms with Gasteiger partial charge in [-0.2, -0.15) is 0 Å².